The maximum Gasteiger partial charge on any atom is 0.0637 e. The molecular weight excluding hydrogens is 248 g/mol. The molecule has 0 fully saturated rings. The lowest BCUT2D eigenvalue weighted by Crippen LogP contribution is -2.32. The Morgan fingerprint density at radius 1 is 1.25 bits per heavy atom. The van der Waals surface area contributed by atoms with Crippen LogP contribution in [-0.4, -0.2) is 33.4 Å². The molecule has 0 aliphatic carbocycles. The van der Waals surface area contributed by atoms with E-state index >= 15 is 0 Å². The van der Waals surface area contributed by atoms with Gasteiger partial charge in [0.15, 0.2) is 0 Å². The number of nitrogens with zero attached hydrogens (tertiary/aromatic N) is 1. The predicted molar refractivity (Wildman–Crippen MR) is 87.4 cm³/mol. The molecule has 1 rings (SSSR count). The monoisotopic (exact) mass is 278 g/mol. The number of hydrogen-bond donors (Lipinski definition) is 1. The molecule has 0 aliphatic heterocycles. The number of anilines is 1. The van der Waals surface area contributed by atoms with Crippen molar-refractivity contribution in [1.29, 1.82) is 0 Å². The van der Waals surface area contributed by atoms with Crippen LogP contribution in [0.25, 0.3) is 0 Å². The van der Waals surface area contributed by atoms with Gasteiger partial charge < -0.3 is 15.0 Å². The first-order valence-electron chi connectivity index (χ1n) is 7.71. The van der Waals surface area contributed by atoms with Gasteiger partial charge in [0, 0.05) is 32.4 Å². The van der Waals surface area contributed by atoms with Crippen molar-refractivity contribution in [2.45, 2.75) is 33.7 Å². The summed E-state index contributed by atoms with van der Waals surface area (Å²) in [6.07, 6.45) is 1.17. The molecule has 0 saturated carbocycles. The van der Waals surface area contributed by atoms with Gasteiger partial charge in [0.2, 0.25) is 0 Å². The molecule has 0 bridgehead atoms. The zero-order chi connectivity index (χ0) is 14.8. The van der Waals surface area contributed by atoms with Gasteiger partial charge >= 0.3 is 0 Å². The summed E-state index contributed by atoms with van der Waals surface area (Å²) >= 11 is 0. The minimum Gasteiger partial charge on any atom is -0.383 e. The highest BCUT2D eigenvalue weighted by atomic mass is 16.5. The molecule has 0 spiro atoms. The molecule has 0 unspecified atom stereocenters. The zero-order valence-corrected chi connectivity index (χ0v) is 13.5. The van der Waals surface area contributed by atoms with Gasteiger partial charge in [-0.1, -0.05) is 39.0 Å². The third-order valence-corrected chi connectivity index (χ3v) is 3.23. The minimum atomic E-state index is 0.642. The quantitative estimate of drug-likeness (QED) is 0.665. The van der Waals surface area contributed by atoms with Gasteiger partial charge in [-0.15, -0.1) is 0 Å². The summed E-state index contributed by atoms with van der Waals surface area (Å²) in [4.78, 5) is 2.44. The second kappa shape index (κ2) is 9.78. The SMILES string of the molecule is CCCNCc1ccccc1N(CCOC)CC(C)C. The molecule has 1 N–H and O–H groups in total. The van der Waals surface area contributed by atoms with Crippen molar-refractivity contribution >= 4 is 5.69 Å². The van der Waals surface area contributed by atoms with Crippen LogP contribution in [0.2, 0.25) is 0 Å². The highest BCUT2D eigenvalue weighted by molar-refractivity contribution is 5.53. The molecular formula is C17H30N2O. The molecule has 1 aromatic carbocycles. The lowest BCUT2D eigenvalue weighted by atomic mass is 10.1. The number of ether oxygens (including phenoxy) is 1. The van der Waals surface area contributed by atoms with Crippen LogP contribution >= 0.6 is 0 Å². The van der Waals surface area contributed by atoms with Crippen LogP contribution in [0.3, 0.4) is 0 Å². The van der Waals surface area contributed by atoms with Crippen LogP contribution in [0.1, 0.15) is 32.8 Å². The van der Waals surface area contributed by atoms with Crippen molar-refractivity contribution in [2.24, 2.45) is 5.92 Å². The zero-order valence-electron chi connectivity index (χ0n) is 13.5. The van der Waals surface area contributed by atoms with Gasteiger partial charge in [-0.2, -0.15) is 0 Å². The van der Waals surface area contributed by atoms with E-state index in [0.29, 0.717) is 5.92 Å². The Kier molecular flexibility index (Phi) is 8.31. The molecule has 0 aromatic heterocycles. The van der Waals surface area contributed by atoms with Crippen LogP contribution in [-0.2, 0) is 11.3 Å². The Balaban J connectivity index is 2.81. The van der Waals surface area contributed by atoms with Gasteiger partial charge in [-0.05, 0) is 30.5 Å². The number of benzene rings is 1. The molecule has 1 aromatic rings. The third-order valence-electron chi connectivity index (χ3n) is 3.23. The molecule has 20 heavy (non-hydrogen) atoms. The fraction of sp³-hybridized carbons (Fsp3) is 0.647. The van der Waals surface area contributed by atoms with Gasteiger partial charge in [-0.3, -0.25) is 0 Å². The maximum absolute atomic E-state index is 5.26. The van der Waals surface area contributed by atoms with Crippen molar-refractivity contribution in [1.82, 2.24) is 5.32 Å². The molecule has 0 heterocycles. The molecule has 114 valence electrons. The van der Waals surface area contributed by atoms with E-state index in [9.17, 15) is 0 Å². The first kappa shape index (κ1) is 17.0. The summed E-state index contributed by atoms with van der Waals surface area (Å²) in [6.45, 7) is 11.5. The lowest BCUT2D eigenvalue weighted by Gasteiger charge is -2.28. The van der Waals surface area contributed by atoms with Crippen LogP contribution in [0.15, 0.2) is 24.3 Å². The molecule has 0 aliphatic rings. The first-order chi connectivity index (χ1) is 9.69. The Bertz CT molecular complexity index is 366. The van der Waals surface area contributed by atoms with Crippen molar-refractivity contribution in [3.8, 4) is 0 Å². The van der Waals surface area contributed by atoms with E-state index < -0.39 is 0 Å². The van der Waals surface area contributed by atoms with E-state index in [0.717, 1.165) is 32.8 Å². The minimum absolute atomic E-state index is 0.642. The van der Waals surface area contributed by atoms with Crippen LogP contribution in [0, 0.1) is 5.92 Å². The number of nitrogens with one attached hydrogen (secondary N) is 1. The maximum atomic E-state index is 5.26. The molecule has 0 atom stereocenters. The Labute approximate surface area is 124 Å². The third kappa shape index (κ3) is 5.93. The van der Waals surface area contributed by atoms with E-state index in [1.807, 2.05) is 0 Å². The summed E-state index contributed by atoms with van der Waals surface area (Å²) < 4.78 is 5.26. The van der Waals surface area contributed by atoms with Crippen LogP contribution in [0.4, 0.5) is 5.69 Å². The topological polar surface area (TPSA) is 24.5 Å². The number of hydrogen-bond acceptors (Lipinski definition) is 3. The van der Waals surface area contributed by atoms with Crippen molar-refractivity contribution < 1.29 is 4.74 Å². The van der Waals surface area contributed by atoms with E-state index in [-0.39, 0.29) is 0 Å². The summed E-state index contributed by atoms with van der Waals surface area (Å²) in [5.41, 5.74) is 2.71. The summed E-state index contributed by atoms with van der Waals surface area (Å²) in [7, 11) is 1.77. The van der Waals surface area contributed by atoms with Crippen molar-refractivity contribution in [3.63, 3.8) is 0 Å². The number of para-hydroxylation sites is 1. The molecule has 0 amide bonds. The normalized spacial score (nSPS) is 11.1. The van der Waals surface area contributed by atoms with E-state index in [1.54, 1.807) is 7.11 Å². The highest BCUT2D eigenvalue weighted by Gasteiger charge is 2.12. The number of rotatable bonds is 10. The molecule has 0 radical (unpaired) electrons. The van der Waals surface area contributed by atoms with Gasteiger partial charge in [0.05, 0.1) is 6.61 Å². The smallest absolute Gasteiger partial charge is 0.0637 e. The van der Waals surface area contributed by atoms with Crippen LogP contribution < -0.4 is 10.2 Å². The average molecular weight is 278 g/mol. The van der Waals surface area contributed by atoms with Gasteiger partial charge in [-0.25, -0.2) is 0 Å². The summed E-state index contributed by atoms with van der Waals surface area (Å²) in [5.74, 6) is 0.642. The second-order valence-corrected chi connectivity index (χ2v) is 5.64. The van der Waals surface area contributed by atoms with Crippen molar-refractivity contribution in [3.05, 3.63) is 29.8 Å². The average Bonchev–Trinajstić information content (AvgIpc) is 2.44. The Morgan fingerprint density at radius 2 is 2.00 bits per heavy atom. The van der Waals surface area contributed by atoms with E-state index in [4.69, 9.17) is 4.74 Å². The highest BCUT2D eigenvalue weighted by Crippen LogP contribution is 2.21. The standard InChI is InChI=1S/C17H30N2O/c1-5-10-18-13-16-8-6-7-9-17(16)19(11-12-20-4)14-15(2)3/h6-9,15,18H,5,10-14H2,1-4H3. The predicted octanol–water partition coefficient (Wildman–Crippen LogP) is 3.30. The Hall–Kier alpha value is -1.06. The molecule has 3 nitrogen and oxygen atoms in total. The molecule has 3 heteroatoms. The summed E-state index contributed by atoms with van der Waals surface area (Å²) in [5, 5.41) is 3.50. The lowest BCUT2D eigenvalue weighted by molar-refractivity contribution is 0.204. The summed E-state index contributed by atoms with van der Waals surface area (Å²) in [6, 6.07) is 8.69. The molecule has 0 saturated heterocycles. The Morgan fingerprint density at radius 3 is 2.65 bits per heavy atom. The van der Waals surface area contributed by atoms with Gasteiger partial charge in [0.1, 0.15) is 0 Å². The van der Waals surface area contributed by atoms with Crippen LogP contribution in [0.5, 0.6) is 0 Å². The second-order valence-electron chi connectivity index (χ2n) is 5.64. The van der Waals surface area contributed by atoms with E-state index in [1.165, 1.54) is 17.7 Å². The number of methoxy groups -OCH3 is 1. The fourth-order valence-electron chi connectivity index (χ4n) is 2.32. The first-order valence-corrected chi connectivity index (χ1v) is 7.71. The fourth-order valence-corrected chi connectivity index (χ4v) is 2.32. The van der Waals surface area contributed by atoms with Gasteiger partial charge in [0.25, 0.3) is 0 Å². The van der Waals surface area contributed by atoms with Crippen molar-refractivity contribution in [2.75, 3.05) is 38.3 Å². The van der Waals surface area contributed by atoms with E-state index in [2.05, 4.69) is 55.3 Å². The largest absolute Gasteiger partial charge is 0.383 e.